The molecule has 1 aromatic carbocycles. The number of amides is 1. The van der Waals surface area contributed by atoms with Crippen LogP contribution >= 0.6 is 23.2 Å². The molecule has 2 heterocycles. The van der Waals surface area contributed by atoms with Gasteiger partial charge in [0, 0.05) is 17.3 Å². The smallest absolute Gasteiger partial charge is 0.413 e. The summed E-state index contributed by atoms with van der Waals surface area (Å²) in [5.74, 6) is 0.172. The Labute approximate surface area is 214 Å². The molecular formula is C23H23Cl2N5O6. The summed E-state index contributed by atoms with van der Waals surface area (Å²) in [4.78, 5) is 53.6. The van der Waals surface area contributed by atoms with Gasteiger partial charge in [0.05, 0.1) is 15.7 Å². The van der Waals surface area contributed by atoms with Crippen LogP contribution < -0.4 is 26.9 Å². The Hall–Kier alpha value is -3.57. The van der Waals surface area contributed by atoms with E-state index in [9.17, 15) is 19.2 Å². The van der Waals surface area contributed by atoms with E-state index in [1.807, 2.05) is 6.92 Å². The summed E-state index contributed by atoms with van der Waals surface area (Å²) < 4.78 is 11.9. The summed E-state index contributed by atoms with van der Waals surface area (Å²) in [5, 5.41) is 6.23. The fraction of sp³-hybridized carbons (Fsp3) is 0.348. The molecule has 1 unspecified atom stereocenters. The number of nitrogens with one attached hydrogen (secondary N) is 3. The molecule has 1 aliphatic rings. The van der Waals surface area contributed by atoms with Gasteiger partial charge < -0.3 is 14.5 Å². The first-order valence-electron chi connectivity index (χ1n) is 11.0. The van der Waals surface area contributed by atoms with Crippen molar-refractivity contribution in [3.05, 3.63) is 70.7 Å². The molecule has 2 aromatic heterocycles. The fourth-order valence-electron chi connectivity index (χ4n) is 3.87. The maximum Gasteiger partial charge on any atom is 0.413 e. The van der Waals surface area contributed by atoms with E-state index < -0.39 is 28.8 Å². The molecule has 190 valence electrons. The molecule has 0 bridgehead atoms. The van der Waals surface area contributed by atoms with Crippen molar-refractivity contribution in [2.45, 2.75) is 52.1 Å². The Morgan fingerprint density at radius 2 is 1.83 bits per heavy atom. The topological polar surface area (TPSA) is 148 Å². The number of pyridine rings is 1. The lowest BCUT2D eigenvalue weighted by Crippen LogP contribution is -2.36. The van der Waals surface area contributed by atoms with Gasteiger partial charge in [0.15, 0.2) is 5.75 Å². The van der Waals surface area contributed by atoms with Crippen molar-refractivity contribution in [1.82, 2.24) is 19.7 Å². The highest BCUT2D eigenvalue weighted by molar-refractivity contribution is 6.37. The zero-order valence-corrected chi connectivity index (χ0v) is 21.3. The predicted octanol–water partition coefficient (Wildman–Crippen LogP) is 4.10. The SMILES string of the molecule is CC1CCc2c(Oc3c(Cl)cc(-n4nc(NC(=O)OC(C)(C)C)c(=O)[nH]c4=O)cc3Cl)c[nH]c(=O)c21. The average Bonchev–Trinajstić information content (AvgIpc) is 3.15. The van der Waals surface area contributed by atoms with Gasteiger partial charge in [0.25, 0.3) is 11.1 Å². The predicted molar refractivity (Wildman–Crippen MR) is 134 cm³/mol. The van der Waals surface area contributed by atoms with Crippen LogP contribution in [0, 0.1) is 0 Å². The first-order chi connectivity index (χ1) is 16.8. The van der Waals surface area contributed by atoms with Crippen molar-refractivity contribution in [2.75, 3.05) is 5.32 Å². The monoisotopic (exact) mass is 535 g/mol. The second-order valence-corrected chi connectivity index (χ2v) is 10.1. The number of ether oxygens (including phenoxy) is 2. The zero-order chi connectivity index (χ0) is 26.4. The first-order valence-corrected chi connectivity index (χ1v) is 11.7. The lowest BCUT2D eigenvalue weighted by molar-refractivity contribution is 0.0634. The van der Waals surface area contributed by atoms with E-state index >= 15 is 0 Å². The van der Waals surface area contributed by atoms with E-state index in [4.69, 9.17) is 32.7 Å². The van der Waals surface area contributed by atoms with E-state index in [1.165, 1.54) is 18.3 Å². The molecule has 1 atom stereocenters. The van der Waals surface area contributed by atoms with Crippen molar-refractivity contribution in [3.8, 4) is 17.2 Å². The Balaban J connectivity index is 1.68. The summed E-state index contributed by atoms with van der Waals surface area (Å²) >= 11 is 12.9. The van der Waals surface area contributed by atoms with Crippen LogP contribution in [0.1, 0.15) is 51.2 Å². The van der Waals surface area contributed by atoms with Crippen molar-refractivity contribution in [3.63, 3.8) is 0 Å². The van der Waals surface area contributed by atoms with Gasteiger partial charge in [-0.05, 0) is 51.7 Å². The second kappa shape index (κ2) is 9.47. The number of anilines is 1. The van der Waals surface area contributed by atoms with Crippen LogP contribution in [-0.4, -0.2) is 31.4 Å². The van der Waals surface area contributed by atoms with Gasteiger partial charge in [-0.2, -0.15) is 4.68 Å². The number of hydrogen-bond donors (Lipinski definition) is 3. The lowest BCUT2D eigenvalue weighted by atomic mass is 10.1. The lowest BCUT2D eigenvalue weighted by Gasteiger charge is -2.19. The van der Waals surface area contributed by atoms with E-state index in [2.05, 4.69) is 20.4 Å². The fourth-order valence-corrected chi connectivity index (χ4v) is 4.43. The number of nitrogens with zero attached hydrogens (tertiary/aromatic N) is 2. The molecule has 0 aliphatic heterocycles. The molecule has 0 fully saturated rings. The summed E-state index contributed by atoms with van der Waals surface area (Å²) in [6.07, 6.45) is 2.03. The highest BCUT2D eigenvalue weighted by Crippen LogP contribution is 2.42. The Morgan fingerprint density at radius 1 is 1.17 bits per heavy atom. The number of H-pyrrole nitrogens is 2. The molecule has 0 radical (unpaired) electrons. The summed E-state index contributed by atoms with van der Waals surface area (Å²) in [7, 11) is 0. The summed E-state index contributed by atoms with van der Waals surface area (Å²) in [6.45, 7) is 6.93. The number of carbonyl (C=O) groups excluding carboxylic acids is 1. The van der Waals surface area contributed by atoms with Crippen LogP contribution in [0.3, 0.4) is 0 Å². The minimum atomic E-state index is -0.923. The second-order valence-electron chi connectivity index (χ2n) is 9.30. The standard InChI is InChI=1S/C23H23Cl2N5O6/c1-10-5-6-12-15(9-26-19(31)16(10)12)35-17-13(24)7-11(8-14(17)25)30-21(33)28-20(32)18(29-30)27-22(34)36-23(2,3)4/h7-10H,5-6H2,1-4H3,(H,26,31)(H,27,29,34)(H,28,32,33). The molecule has 0 saturated heterocycles. The minimum Gasteiger partial charge on any atom is -0.452 e. The molecule has 0 saturated carbocycles. The van der Waals surface area contributed by atoms with E-state index in [1.54, 1.807) is 20.8 Å². The molecular weight excluding hydrogens is 513 g/mol. The van der Waals surface area contributed by atoms with Crippen LogP contribution in [0.4, 0.5) is 10.6 Å². The highest BCUT2D eigenvalue weighted by atomic mass is 35.5. The van der Waals surface area contributed by atoms with Crippen LogP contribution in [0.5, 0.6) is 11.5 Å². The number of hydrogen-bond acceptors (Lipinski definition) is 7. The minimum absolute atomic E-state index is 0.0463. The molecule has 4 rings (SSSR count). The number of fused-ring (bicyclic) bond motifs is 1. The van der Waals surface area contributed by atoms with Gasteiger partial charge in [0.2, 0.25) is 5.82 Å². The largest absolute Gasteiger partial charge is 0.452 e. The highest BCUT2D eigenvalue weighted by Gasteiger charge is 2.27. The Kier molecular flexibility index (Phi) is 6.72. The van der Waals surface area contributed by atoms with Gasteiger partial charge in [-0.15, -0.1) is 5.10 Å². The van der Waals surface area contributed by atoms with Gasteiger partial charge >= 0.3 is 11.8 Å². The number of benzene rings is 1. The van der Waals surface area contributed by atoms with Crippen molar-refractivity contribution in [1.29, 1.82) is 0 Å². The van der Waals surface area contributed by atoms with Crippen molar-refractivity contribution >= 4 is 35.1 Å². The Bertz CT molecular complexity index is 1510. The third-order valence-electron chi connectivity index (χ3n) is 5.41. The number of carbonyl (C=O) groups is 1. The molecule has 3 aromatic rings. The number of rotatable bonds is 4. The Morgan fingerprint density at radius 3 is 2.47 bits per heavy atom. The van der Waals surface area contributed by atoms with Crippen LogP contribution in [0.15, 0.2) is 32.7 Å². The molecule has 1 amide bonds. The summed E-state index contributed by atoms with van der Waals surface area (Å²) in [6, 6.07) is 2.72. The average molecular weight is 536 g/mol. The van der Waals surface area contributed by atoms with Crippen molar-refractivity contribution in [2.24, 2.45) is 0 Å². The molecule has 11 nitrogen and oxygen atoms in total. The van der Waals surface area contributed by atoms with Gasteiger partial charge in [0.1, 0.15) is 11.4 Å². The van der Waals surface area contributed by atoms with E-state index in [-0.39, 0.29) is 33.0 Å². The number of aromatic nitrogens is 4. The van der Waals surface area contributed by atoms with Gasteiger partial charge in [-0.25, -0.2) is 9.59 Å². The van der Waals surface area contributed by atoms with Crippen LogP contribution in [0.2, 0.25) is 10.0 Å². The quantitative estimate of drug-likeness (QED) is 0.455. The molecule has 1 aliphatic carbocycles. The maximum atomic E-state index is 12.4. The molecule has 3 N–H and O–H groups in total. The summed E-state index contributed by atoms with van der Waals surface area (Å²) in [5.41, 5.74) is -1.21. The molecule has 0 spiro atoms. The maximum absolute atomic E-state index is 12.4. The number of halogens is 2. The molecule has 36 heavy (non-hydrogen) atoms. The first kappa shape index (κ1) is 25.5. The number of aromatic amines is 2. The zero-order valence-electron chi connectivity index (χ0n) is 19.8. The van der Waals surface area contributed by atoms with Gasteiger partial charge in [-0.1, -0.05) is 30.1 Å². The van der Waals surface area contributed by atoms with Gasteiger partial charge in [-0.3, -0.25) is 19.9 Å². The van der Waals surface area contributed by atoms with E-state index in [0.29, 0.717) is 17.7 Å². The third kappa shape index (κ3) is 5.17. The van der Waals surface area contributed by atoms with Crippen molar-refractivity contribution < 1.29 is 14.3 Å². The third-order valence-corrected chi connectivity index (χ3v) is 5.97. The van der Waals surface area contributed by atoms with E-state index in [0.717, 1.165) is 16.7 Å². The molecule has 13 heteroatoms. The van der Waals surface area contributed by atoms with Crippen LogP contribution in [0.25, 0.3) is 5.69 Å². The van der Waals surface area contributed by atoms with Crippen LogP contribution in [-0.2, 0) is 11.2 Å². The normalized spacial score (nSPS) is 14.9.